The van der Waals surface area contributed by atoms with Crippen LogP contribution in [0.25, 0.3) is 22.0 Å². The summed E-state index contributed by atoms with van der Waals surface area (Å²) in [4.78, 5) is 28.3. The topological polar surface area (TPSA) is 76.1 Å². The summed E-state index contributed by atoms with van der Waals surface area (Å²) >= 11 is 0. The number of fused-ring (bicyclic) bond motifs is 1. The van der Waals surface area contributed by atoms with Crippen LogP contribution in [-0.4, -0.2) is 22.0 Å². The third-order valence-corrected chi connectivity index (χ3v) is 6.48. The lowest BCUT2D eigenvalue weighted by Gasteiger charge is -2.15. The van der Waals surface area contributed by atoms with Crippen LogP contribution in [0.15, 0.2) is 47.4 Å². The van der Waals surface area contributed by atoms with Gasteiger partial charge in [-0.25, -0.2) is 4.39 Å². The third-order valence-electron chi connectivity index (χ3n) is 6.48. The molecule has 1 aliphatic carbocycles. The van der Waals surface area contributed by atoms with E-state index in [1.807, 2.05) is 32.9 Å². The van der Waals surface area contributed by atoms with Crippen molar-refractivity contribution in [3.05, 3.63) is 81.2 Å². The molecule has 0 bridgehead atoms. The number of aromatic nitrogens is 2. The minimum absolute atomic E-state index is 0.202. The van der Waals surface area contributed by atoms with E-state index in [1.165, 1.54) is 16.7 Å². The number of benzene rings is 2. The molecule has 0 atom stereocenters. The predicted molar refractivity (Wildman–Crippen MR) is 135 cm³/mol. The van der Waals surface area contributed by atoms with Crippen LogP contribution in [0.5, 0.6) is 11.5 Å². The number of pyridine rings is 1. The molecule has 2 heterocycles. The van der Waals surface area contributed by atoms with Gasteiger partial charge >= 0.3 is 0 Å². The van der Waals surface area contributed by atoms with Gasteiger partial charge in [-0.2, -0.15) is 0 Å². The second-order valence-corrected chi connectivity index (χ2v) is 9.33. The van der Waals surface area contributed by atoms with Gasteiger partial charge in [0.15, 0.2) is 0 Å². The molecule has 6 nitrogen and oxygen atoms in total. The van der Waals surface area contributed by atoms with E-state index in [-0.39, 0.29) is 17.3 Å². The fraction of sp³-hybridized carbons (Fsp3) is 0.286. The van der Waals surface area contributed by atoms with Gasteiger partial charge in [0.05, 0.1) is 0 Å². The van der Waals surface area contributed by atoms with Gasteiger partial charge in [-0.1, -0.05) is 6.07 Å². The molecule has 1 amide bonds. The minimum Gasteiger partial charge on any atom is -0.457 e. The van der Waals surface area contributed by atoms with Crippen molar-refractivity contribution in [3.8, 4) is 22.6 Å². The Balaban J connectivity index is 1.66. The molecule has 0 saturated heterocycles. The van der Waals surface area contributed by atoms with E-state index in [0.717, 1.165) is 40.7 Å². The van der Waals surface area contributed by atoms with Gasteiger partial charge in [0.25, 0.3) is 11.5 Å². The highest BCUT2D eigenvalue weighted by atomic mass is 19.1. The highest BCUT2D eigenvalue weighted by Gasteiger charge is 2.26. The van der Waals surface area contributed by atoms with Crippen LogP contribution < -0.4 is 15.6 Å². The third kappa shape index (κ3) is 4.34. The molecular formula is C28H28FN3O3. The number of hydrogen-bond donors (Lipinski definition) is 2. The first kappa shape index (κ1) is 22.9. The van der Waals surface area contributed by atoms with Gasteiger partial charge in [0.2, 0.25) is 0 Å². The van der Waals surface area contributed by atoms with Crippen molar-refractivity contribution in [1.29, 1.82) is 0 Å². The van der Waals surface area contributed by atoms with Gasteiger partial charge in [-0.3, -0.25) is 9.59 Å². The number of carbonyl (C=O) groups is 1. The van der Waals surface area contributed by atoms with E-state index in [2.05, 4.69) is 16.4 Å². The lowest BCUT2D eigenvalue weighted by atomic mass is 9.99. The molecule has 2 N–H and O–H groups in total. The summed E-state index contributed by atoms with van der Waals surface area (Å²) in [5, 5.41) is 3.46. The summed E-state index contributed by atoms with van der Waals surface area (Å²) in [5.41, 5.74) is 4.86. The van der Waals surface area contributed by atoms with E-state index in [1.54, 1.807) is 19.3 Å². The Morgan fingerprint density at radius 1 is 1.14 bits per heavy atom. The van der Waals surface area contributed by atoms with Crippen molar-refractivity contribution in [1.82, 2.24) is 14.9 Å². The second kappa shape index (κ2) is 8.73. The molecule has 5 rings (SSSR count). The number of halogens is 1. The Hall–Kier alpha value is -3.87. The summed E-state index contributed by atoms with van der Waals surface area (Å²) < 4.78 is 21.7. The minimum atomic E-state index is -0.289. The fourth-order valence-electron chi connectivity index (χ4n) is 4.61. The summed E-state index contributed by atoms with van der Waals surface area (Å²) in [5.74, 6) is 1.21. The second-order valence-electron chi connectivity index (χ2n) is 9.33. The summed E-state index contributed by atoms with van der Waals surface area (Å²) in [6.07, 6.45) is 4.03. The van der Waals surface area contributed by atoms with Gasteiger partial charge < -0.3 is 19.6 Å². The number of carbonyl (C=O) groups excluding carboxylic acids is 1. The Morgan fingerprint density at radius 2 is 1.86 bits per heavy atom. The van der Waals surface area contributed by atoms with E-state index < -0.39 is 0 Å². The van der Waals surface area contributed by atoms with Crippen LogP contribution in [-0.2, 0) is 7.05 Å². The molecule has 7 heteroatoms. The molecule has 35 heavy (non-hydrogen) atoms. The van der Waals surface area contributed by atoms with Crippen molar-refractivity contribution >= 4 is 16.8 Å². The van der Waals surface area contributed by atoms with Crippen LogP contribution in [0.4, 0.5) is 4.39 Å². The molecule has 0 spiro atoms. The SMILES string of the molecule is CCNC(=O)c1cc2c(-c3cc(Oc4c(C)cc(F)cc4C)cc(C4CC4)c3)cn(C)c(=O)c2[nH]1. The maximum Gasteiger partial charge on any atom is 0.274 e. The number of amides is 1. The van der Waals surface area contributed by atoms with Crippen molar-refractivity contribution in [2.75, 3.05) is 6.54 Å². The largest absolute Gasteiger partial charge is 0.457 e. The normalized spacial score (nSPS) is 13.3. The molecule has 1 aliphatic rings. The number of aromatic amines is 1. The number of nitrogens with one attached hydrogen (secondary N) is 2. The van der Waals surface area contributed by atoms with Crippen molar-refractivity contribution < 1.29 is 13.9 Å². The average Bonchev–Trinajstić information content (AvgIpc) is 3.57. The first-order chi connectivity index (χ1) is 16.7. The molecule has 0 aliphatic heterocycles. The molecule has 1 saturated carbocycles. The number of rotatable bonds is 6. The molecule has 2 aromatic carbocycles. The zero-order chi connectivity index (χ0) is 24.9. The Bertz CT molecular complexity index is 1510. The Morgan fingerprint density at radius 3 is 2.51 bits per heavy atom. The van der Waals surface area contributed by atoms with Crippen LogP contribution in [0.1, 0.15) is 52.9 Å². The molecule has 2 aromatic heterocycles. The molecule has 0 radical (unpaired) electrons. The van der Waals surface area contributed by atoms with Gasteiger partial charge in [-0.05, 0) is 92.1 Å². The molecule has 4 aromatic rings. The zero-order valence-corrected chi connectivity index (χ0v) is 20.3. The summed E-state index contributed by atoms with van der Waals surface area (Å²) in [6.45, 7) is 6.00. The van der Waals surface area contributed by atoms with Crippen LogP contribution in [0.3, 0.4) is 0 Å². The van der Waals surface area contributed by atoms with Crippen molar-refractivity contribution in [2.24, 2.45) is 7.05 Å². The standard InChI is InChI=1S/C28H28FN3O3/c1-5-30-27(33)24-13-22-23(14-32(4)28(34)25(22)31-24)19-10-18(17-6-7-17)11-21(12-19)35-26-15(2)8-20(29)9-16(26)3/h8-14,17,31H,5-7H2,1-4H3,(H,30,33). The van der Waals surface area contributed by atoms with Crippen LogP contribution in [0, 0.1) is 19.7 Å². The maximum atomic E-state index is 13.8. The smallest absolute Gasteiger partial charge is 0.274 e. The molecule has 0 unspecified atom stereocenters. The average molecular weight is 474 g/mol. The van der Waals surface area contributed by atoms with Crippen LogP contribution >= 0.6 is 0 Å². The molecule has 1 fully saturated rings. The fourth-order valence-corrected chi connectivity index (χ4v) is 4.61. The quantitative estimate of drug-likeness (QED) is 0.377. The lowest BCUT2D eigenvalue weighted by Crippen LogP contribution is -2.23. The van der Waals surface area contributed by atoms with Crippen molar-refractivity contribution in [3.63, 3.8) is 0 Å². The first-order valence-electron chi connectivity index (χ1n) is 11.9. The zero-order valence-electron chi connectivity index (χ0n) is 20.3. The predicted octanol–water partition coefficient (Wildman–Crippen LogP) is 5.71. The number of H-pyrrole nitrogens is 1. The highest BCUT2D eigenvalue weighted by molar-refractivity contribution is 6.02. The van der Waals surface area contributed by atoms with Gasteiger partial charge in [0, 0.05) is 30.7 Å². The lowest BCUT2D eigenvalue weighted by molar-refractivity contribution is 0.0951. The Labute approximate surface area is 202 Å². The van der Waals surface area contributed by atoms with Gasteiger partial charge in [-0.15, -0.1) is 0 Å². The highest BCUT2D eigenvalue weighted by Crippen LogP contribution is 2.44. The van der Waals surface area contributed by atoms with Crippen LogP contribution in [0.2, 0.25) is 0 Å². The number of nitrogens with zero attached hydrogens (tertiary/aromatic N) is 1. The van der Waals surface area contributed by atoms with E-state index in [4.69, 9.17) is 4.74 Å². The summed E-state index contributed by atoms with van der Waals surface area (Å²) in [6, 6.07) is 10.8. The van der Waals surface area contributed by atoms with Gasteiger partial charge in [0.1, 0.15) is 28.5 Å². The van der Waals surface area contributed by atoms with Crippen molar-refractivity contribution in [2.45, 2.75) is 39.5 Å². The first-order valence-corrected chi connectivity index (χ1v) is 11.9. The molecular weight excluding hydrogens is 445 g/mol. The number of aryl methyl sites for hydroxylation is 3. The van der Waals surface area contributed by atoms with E-state index >= 15 is 0 Å². The maximum absolute atomic E-state index is 13.8. The van der Waals surface area contributed by atoms with E-state index in [0.29, 0.717) is 40.6 Å². The monoisotopic (exact) mass is 473 g/mol. The number of hydrogen-bond acceptors (Lipinski definition) is 3. The molecule has 180 valence electrons. The summed E-state index contributed by atoms with van der Waals surface area (Å²) in [7, 11) is 1.70. The van der Waals surface area contributed by atoms with E-state index in [9.17, 15) is 14.0 Å². The number of ether oxygens (including phenoxy) is 1. The Kier molecular flexibility index (Phi) is 5.71.